The molecule has 148 valence electrons. The van der Waals surface area contributed by atoms with E-state index >= 15 is 0 Å². The Labute approximate surface area is 168 Å². The van der Waals surface area contributed by atoms with Crippen molar-refractivity contribution in [3.8, 4) is 5.75 Å². The van der Waals surface area contributed by atoms with E-state index < -0.39 is 10.8 Å². The molecule has 1 aliphatic rings. The zero-order valence-electron chi connectivity index (χ0n) is 15.8. The summed E-state index contributed by atoms with van der Waals surface area (Å²) < 4.78 is 5.26. The largest absolute Gasteiger partial charge is 0.495 e. The van der Waals surface area contributed by atoms with E-state index in [0.717, 1.165) is 37.9 Å². The summed E-state index contributed by atoms with van der Waals surface area (Å²) in [6.07, 6.45) is 3.15. The fourth-order valence-electron chi connectivity index (χ4n) is 3.34. The number of amides is 1. The molecule has 28 heavy (non-hydrogen) atoms. The highest BCUT2D eigenvalue weighted by Crippen LogP contribution is 2.33. The van der Waals surface area contributed by atoms with Gasteiger partial charge < -0.3 is 15.0 Å². The van der Waals surface area contributed by atoms with Crippen molar-refractivity contribution >= 4 is 34.6 Å². The number of nitrogens with zero attached hydrogens (tertiary/aromatic N) is 2. The van der Waals surface area contributed by atoms with Crippen LogP contribution in [0.3, 0.4) is 0 Å². The van der Waals surface area contributed by atoms with E-state index in [9.17, 15) is 14.9 Å². The Bertz CT molecular complexity index is 911. The summed E-state index contributed by atoms with van der Waals surface area (Å²) in [7, 11) is 1.48. The van der Waals surface area contributed by atoms with Crippen LogP contribution in [0.25, 0.3) is 0 Å². The number of aryl methyl sites for hydroxylation is 1. The summed E-state index contributed by atoms with van der Waals surface area (Å²) >= 11 is 6.09. The lowest BCUT2D eigenvalue weighted by Crippen LogP contribution is -2.30. The average Bonchev–Trinajstić information content (AvgIpc) is 2.70. The van der Waals surface area contributed by atoms with Crippen LogP contribution in [0, 0.1) is 17.0 Å². The normalized spacial score (nSPS) is 13.9. The first-order valence-electron chi connectivity index (χ1n) is 9.09. The highest BCUT2D eigenvalue weighted by Gasteiger charge is 2.23. The molecule has 1 fully saturated rings. The molecule has 0 radical (unpaired) electrons. The minimum Gasteiger partial charge on any atom is -0.495 e. The first kappa shape index (κ1) is 19.9. The van der Waals surface area contributed by atoms with Crippen LogP contribution < -0.4 is 15.0 Å². The molecule has 0 aromatic heterocycles. The van der Waals surface area contributed by atoms with Gasteiger partial charge >= 0.3 is 0 Å². The number of rotatable bonds is 5. The van der Waals surface area contributed by atoms with Gasteiger partial charge in [0.25, 0.3) is 11.6 Å². The number of piperidine rings is 1. The van der Waals surface area contributed by atoms with E-state index in [1.54, 1.807) is 24.3 Å². The van der Waals surface area contributed by atoms with Crippen molar-refractivity contribution in [3.05, 3.63) is 56.6 Å². The monoisotopic (exact) mass is 403 g/mol. The van der Waals surface area contributed by atoms with Crippen LogP contribution in [0.1, 0.15) is 35.2 Å². The highest BCUT2D eigenvalue weighted by atomic mass is 35.5. The predicted molar refractivity (Wildman–Crippen MR) is 110 cm³/mol. The van der Waals surface area contributed by atoms with Gasteiger partial charge in [-0.2, -0.15) is 0 Å². The third-order valence-corrected chi connectivity index (χ3v) is 5.27. The molecule has 0 saturated carbocycles. The summed E-state index contributed by atoms with van der Waals surface area (Å²) in [6.45, 7) is 3.39. The first-order chi connectivity index (χ1) is 13.4. The maximum absolute atomic E-state index is 12.7. The molecule has 0 bridgehead atoms. The van der Waals surface area contributed by atoms with Gasteiger partial charge in [-0.25, -0.2) is 0 Å². The van der Waals surface area contributed by atoms with Crippen molar-refractivity contribution in [1.82, 2.24) is 0 Å². The van der Waals surface area contributed by atoms with Crippen LogP contribution in [-0.4, -0.2) is 31.0 Å². The van der Waals surface area contributed by atoms with Gasteiger partial charge in [-0.1, -0.05) is 11.6 Å². The molecule has 0 spiro atoms. The molecule has 0 aliphatic carbocycles. The van der Waals surface area contributed by atoms with Crippen LogP contribution in [0.2, 0.25) is 5.02 Å². The minimum atomic E-state index is -0.451. The molecule has 7 nitrogen and oxygen atoms in total. The van der Waals surface area contributed by atoms with E-state index in [0.29, 0.717) is 22.1 Å². The molecule has 0 atom stereocenters. The lowest BCUT2D eigenvalue weighted by atomic mass is 10.1. The van der Waals surface area contributed by atoms with Crippen LogP contribution in [0.15, 0.2) is 30.3 Å². The van der Waals surface area contributed by atoms with E-state index in [2.05, 4.69) is 5.32 Å². The fraction of sp³-hybridized carbons (Fsp3) is 0.350. The molecule has 3 rings (SSSR count). The smallest absolute Gasteiger partial charge is 0.293 e. The maximum atomic E-state index is 12.7. The lowest BCUT2D eigenvalue weighted by molar-refractivity contribution is -0.384. The number of benzene rings is 2. The van der Waals surface area contributed by atoms with Gasteiger partial charge in [0.2, 0.25) is 0 Å². The standard InChI is InChI=1S/C20H22ClN3O4/c1-13-10-16(19(28-2)12-15(13)21)22-20(25)14-6-7-17(18(11-14)24(26)27)23-8-4-3-5-9-23/h6-7,10-12H,3-5,8-9H2,1-2H3,(H,22,25). The van der Waals surface area contributed by atoms with Crippen LogP contribution in [0.4, 0.5) is 17.1 Å². The van der Waals surface area contributed by atoms with Crippen LogP contribution in [-0.2, 0) is 0 Å². The second kappa shape index (κ2) is 8.48. The lowest BCUT2D eigenvalue weighted by Gasteiger charge is -2.28. The molecular weight excluding hydrogens is 382 g/mol. The van der Waals surface area contributed by atoms with Crippen molar-refractivity contribution in [3.63, 3.8) is 0 Å². The highest BCUT2D eigenvalue weighted by molar-refractivity contribution is 6.31. The number of methoxy groups -OCH3 is 1. The average molecular weight is 404 g/mol. The summed E-state index contributed by atoms with van der Waals surface area (Å²) in [5, 5.41) is 14.9. The number of ether oxygens (including phenoxy) is 1. The van der Waals surface area contributed by atoms with Gasteiger partial charge in [-0.15, -0.1) is 0 Å². The summed E-state index contributed by atoms with van der Waals surface area (Å²) in [5.41, 5.74) is 1.94. The van der Waals surface area contributed by atoms with Gasteiger partial charge in [0.15, 0.2) is 0 Å². The molecular formula is C20H22ClN3O4. The number of halogens is 1. The number of nitrogens with one attached hydrogen (secondary N) is 1. The fourth-order valence-corrected chi connectivity index (χ4v) is 3.49. The molecule has 2 aromatic rings. The summed E-state index contributed by atoms with van der Waals surface area (Å²) in [5.74, 6) is -0.0308. The van der Waals surface area contributed by atoms with Gasteiger partial charge in [-0.3, -0.25) is 14.9 Å². The number of nitro groups is 1. The quantitative estimate of drug-likeness (QED) is 0.572. The molecule has 1 saturated heterocycles. The van der Waals surface area contributed by atoms with E-state index in [4.69, 9.17) is 16.3 Å². The van der Waals surface area contributed by atoms with Gasteiger partial charge in [0, 0.05) is 35.8 Å². The topological polar surface area (TPSA) is 84.7 Å². The molecule has 1 N–H and O–H groups in total. The molecule has 1 aliphatic heterocycles. The minimum absolute atomic E-state index is 0.0613. The van der Waals surface area contributed by atoms with Crippen molar-refractivity contribution in [2.45, 2.75) is 26.2 Å². The summed E-state index contributed by atoms with van der Waals surface area (Å²) in [4.78, 5) is 25.9. The second-order valence-electron chi connectivity index (χ2n) is 6.76. The number of nitro benzene ring substituents is 1. The van der Waals surface area contributed by atoms with Crippen molar-refractivity contribution in [1.29, 1.82) is 0 Å². The number of hydrogen-bond donors (Lipinski definition) is 1. The molecule has 1 heterocycles. The van der Waals surface area contributed by atoms with Gasteiger partial charge in [-0.05, 0) is 49.9 Å². The van der Waals surface area contributed by atoms with Gasteiger partial charge in [0.1, 0.15) is 11.4 Å². The van der Waals surface area contributed by atoms with Crippen molar-refractivity contribution in [2.75, 3.05) is 30.4 Å². The zero-order valence-corrected chi connectivity index (χ0v) is 16.6. The Morgan fingerprint density at radius 3 is 2.57 bits per heavy atom. The maximum Gasteiger partial charge on any atom is 0.293 e. The first-order valence-corrected chi connectivity index (χ1v) is 9.47. The second-order valence-corrected chi connectivity index (χ2v) is 7.17. The molecule has 2 aromatic carbocycles. The van der Waals surface area contributed by atoms with E-state index in [1.807, 2.05) is 11.8 Å². The van der Waals surface area contributed by atoms with Gasteiger partial charge in [0.05, 0.1) is 17.7 Å². The Morgan fingerprint density at radius 1 is 1.21 bits per heavy atom. The van der Waals surface area contributed by atoms with Crippen LogP contribution in [0.5, 0.6) is 5.75 Å². The number of hydrogen-bond acceptors (Lipinski definition) is 5. The molecule has 1 amide bonds. The van der Waals surface area contributed by atoms with Crippen LogP contribution >= 0.6 is 11.6 Å². The Kier molecular flexibility index (Phi) is 6.04. The third kappa shape index (κ3) is 4.20. The Hall–Kier alpha value is -2.80. The van der Waals surface area contributed by atoms with E-state index in [-0.39, 0.29) is 11.3 Å². The molecule has 8 heteroatoms. The number of carbonyl (C=O) groups excluding carboxylic acids is 1. The number of carbonyl (C=O) groups is 1. The SMILES string of the molecule is COc1cc(Cl)c(C)cc1NC(=O)c1ccc(N2CCCCC2)c([N+](=O)[O-])c1. The number of anilines is 2. The third-order valence-electron chi connectivity index (χ3n) is 4.86. The summed E-state index contributed by atoms with van der Waals surface area (Å²) in [6, 6.07) is 7.92. The van der Waals surface area contributed by atoms with E-state index in [1.165, 1.54) is 13.2 Å². The Morgan fingerprint density at radius 2 is 1.93 bits per heavy atom. The Balaban J connectivity index is 1.89. The predicted octanol–water partition coefficient (Wildman–Crippen LogP) is 4.81. The molecule has 0 unspecified atom stereocenters. The van der Waals surface area contributed by atoms with Crippen molar-refractivity contribution < 1.29 is 14.5 Å². The van der Waals surface area contributed by atoms with Crippen molar-refractivity contribution in [2.24, 2.45) is 0 Å². The zero-order chi connectivity index (χ0) is 20.3.